The molecule has 0 spiro atoms. The van der Waals surface area contributed by atoms with E-state index < -0.39 is 0 Å². The van der Waals surface area contributed by atoms with Gasteiger partial charge in [0, 0.05) is 7.05 Å². The number of rotatable bonds is 3. The van der Waals surface area contributed by atoms with E-state index in [0.29, 0.717) is 22.1 Å². The molecule has 0 saturated carbocycles. The second kappa shape index (κ2) is 4.58. The van der Waals surface area contributed by atoms with Gasteiger partial charge in [-0.15, -0.1) is 0 Å². The van der Waals surface area contributed by atoms with Crippen molar-refractivity contribution in [3.8, 4) is 22.9 Å². The predicted octanol–water partition coefficient (Wildman–Crippen LogP) is 2.16. The van der Waals surface area contributed by atoms with Crippen molar-refractivity contribution in [2.75, 3.05) is 14.2 Å². The fourth-order valence-corrected chi connectivity index (χ4v) is 1.73. The van der Waals surface area contributed by atoms with Crippen LogP contribution in [0.3, 0.4) is 0 Å². The molecule has 0 bridgehead atoms. The highest BCUT2D eigenvalue weighted by Gasteiger charge is 2.13. The Morgan fingerprint density at radius 3 is 2.59 bits per heavy atom. The summed E-state index contributed by atoms with van der Waals surface area (Å²) in [6.45, 7) is 0. The summed E-state index contributed by atoms with van der Waals surface area (Å²) in [6, 6.07) is 5.61. The molecule has 0 aliphatic heterocycles. The summed E-state index contributed by atoms with van der Waals surface area (Å²) in [5.74, 6) is 1.96. The summed E-state index contributed by atoms with van der Waals surface area (Å²) < 4.78 is 12.7. The van der Waals surface area contributed by atoms with Crippen LogP contribution in [0.5, 0.6) is 11.5 Å². The summed E-state index contributed by atoms with van der Waals surface area (Å²) in [4.78, 5) is 4.25. The van der Waals surface area contributed by atoms with Gasteiger partial charge in [-0.1, -0.05) is 6.07 Å². The fourth-order valence-electron chi connectivity index (χ4n) is 1.60. The third-order valence-electron chi connectivity index (χ3n) is 2.43. The summed E-state index contributed by atoms with van der Waals surface area (Å²) in [7, 11) is 5.01. The fraction of sp³-hybridized carbons (Fsp3) is 0.273. The minimum absolute atomic E-state index is 0.491. The summed E-state index contributed by atoms with van der Waals surface area (Å²) in [6.07, 6.45) is 0. The molecule has 2 rings (SSSR count). The van der Waals surface area contributed by atoms with Crippen LogP contribution >= 0.6 is 12.2 Å². The summed E-state index contributed by atoms with van der Waals surface area (Å²) in [5.41, 5.74) is 0.818. The molecule has 0 atom stereocenters. The summed E-state index contributed by atoms with van der Waals surface area (Å²) in [5, 5.41) is 3.05. The molecule has 0 saturated heterocycles. The lowest BCUT2D eigenvalue weighted by Crippen LogP contribution is -1.95. The second-order valence-electron chi connectivity index (χ2n) is 3.45. The molecule has 2 aromatic rings. The van der Waals surface area contributed by atoms with E-state index in [1.54, 1.807) is 18.9 Å². The molecule has 17 heavy (non-hydrogen) atoms. The zero-order valence-electron chi connectivity index (χ0n) is 9.85. The van der Waals surface area contributed by atoms with Crippen molar-refractivity contribution in [1.82, 2.24) is 14.8 Å². The first-order chi connectivity index (χ1) is 8.17. The number of aromatic nitrogens is 3. The largest absolute Gasteiger partial charge is 0.493 e. The Morgan fingerprint density at radius 1 is 1.29 bits per heavy atom. The molecule has 1 aromatic heterocycles. The average molecular weight is 251 g/mol. The standard InChI is InChI=1S/C11H13N3O2S/c1-14-11(17)12-10(13-14)7-5-4-6-8(15-2)9(7)16-3/h4-6H,1-3H3,(H,12,13,17). The number of hydrogen-bond acceptors (Lipinski definition) is 4. The first kappa shape index (κ1) is 11.7. The molecule has 0 amide bonds. The van der Waals surface area contributed by atoms with Crippen LogP contribution in [0.1, 0.15) is 0 Å². The zero-order valence-corrected chi connectivity index (χ0v) is 10.7. The number of methoxy groups -OCH3 is 2. The Morgan fingerprint density at radius 2 is 2.06 bits per heavy atom. The Kier molecular flexibility index (Phi) is 3.14. The molecule has 0 fully saturated rings. The Bertz CT molecular complexity index is 589. The lowest BCUT2D eigenvalue weighted by molar-refractivity contribution is 0.356. The monoisotopic (exact) mass is 251 g/mol. The van der Waals surface area contributed by atoms with E-state index in [1.807, 2.05) is 25.2 Å². The van der Waals surface area contributed by atoms with Crippen molar-refractivity contribution in [1.29, 1.82) is 0 Å². The molecule has 5 nitrogen and oxygen atoms in total. The molecular formula is C11H13N3O2S. The third-order valence-corrected chi connectivity index (χ3v) is 2.79. The number of aryl methyl sites for hydroxylation is 1. The molecular weight excluding hydrogens is 238 g/mol. The first-order valence-electron chi connectivity index (χ1n) is 5.01. The lowest BCUT2D eigenvalue weighted by atomic mass is 10.2. The maximum Gasteiger partial charge on any atom is 0.216 e. The summed E-state index contributed by atoms with van der Waals surface area (Å²) >= 11 is 5.06. The van der Waals surface area contributed by atoms with E-state index in [1.165, 1.54) is 0 Å². The topological polar surface area (TPSA) is 52.1 Å². The highest BCUT2D eigenvalue weighted by atomic mass is 32.1. The number of nitrogens with one attached hydrogen (secondary N) is 1. The van der Waals surface area contributed by atoms with Crippen LogP contribution in [-0.4, -0.2) is 29.0 Å². The lowest BCUT2D eigenvalue weighted by Gasteiger charge is -2.10. The molecule has 0 radical (unpaired) electrons. The number of aromatic amines is 1. The number of H-pyrrole nitrogens is 1. The molecule has 1 N–H and O–H groups in total. The van der Waals surface area contributed by atoms with Crippen LogP contribution in [0.4, 0.5) is 0 Å². The molecule has 90 valence electrons. The number of para-hydroxylation sites is 1. The van der Waals surface area contributed by atoms with Crippen molar-refractivity contribution in [3.63, 3.8) is 0 Å². The van der Waals surface area contributed by atoms with Crippen LogP contribution in [0.2, 0.25) is 0 Å². The van der Waals surface area contributed by atoms with E-state index in [-0.39, 0.29) is 0 Å². The maximum atomic E-state index is 5.34. The van der Waals surface area contributed by atoms with Crippen LogP contribution < -0.4 is 9.47 Å². The smallest absolute Gasteiger partial charge is 0.216 e. The van der Waals surface area contributed by atoms with Crippen molar-refractivity contribution in [2.45, 2.75) is 0 Å². The number of benzene rings is 1. The Hall–Kier alpha value is -1.82. The van der Waals surface area contributed by atoms with Crippen LogP contribution in [0, 0.1) is 4.77 Å². The van der Waals surface area contributed by atoms with Gasteiger partial charge < -0.3 is 9.47 Å². The Labute approximate surface area is 104 Å². The van der Waals surface area contributed by atoms with E-state index in [9.17, 15) is 0 Å². The van der Waals surface area contributed by atoms with E-state index in [4.69, 9.17) is 21.7 Å². The molecule has 1 heterocycles. The quantitative estimate of drug-likeness (QED) is 0.849. The van der Waals surface area contributed by atoms with Gasteiger partial charge in [0.2, 0.25) is 4.77 Å². The van der Waals surface area contributed by atoms with Gasteiger partial charge in [0.25, 0.3) is 0 Å². The second-order valence-corrected chi connectivity index (χ2v) is 3.82. The Balaban J connectivity index is 2.62. The van der Waals surface area contributed by atoms with Gasteiger partial charge in [0.15, 0.2) is 17.3 Å². The van der Waals surface area contributed by atoms with Crippen LogP contribution in [0.15, 0.2) is 18.2 Å². The molecule has 0 aliphatic carbocycles. The van der Waals surface area contributed by atoms with Crippen molar-refractivity contribution in [2.24, 2.45) is 7.05 Å². The minimum atomic E-state index is 0.491. The van der Waals surface area contributed by atoms with Gasteiger partial charge >= 0.3 is 0 Å². The number of hydrogen-bond donors (Lipinski definition) is 1. The molecule has 1 aromatic carbocycles. The average Bonchev–Trinajstić information content (AvgIpc) is 2.68. The van der Waals surface area contributed by atoms with E-state index in [0.717, 1.165) is 5.56 Å². The van der Waals surface area contributed by atoms with Gasteiger partial charge in [-0.2, -0.15) is 4.98 Å². The van der Waals surface area contributed by atoms with Crippen molar-refractivity contribution in [3.05, 3.63) is 23.0 Å². The van der Waals surface area contributed by atoms with Gasteiger partial charge in [-0.3, -0.25) is 9.78 Å². The van der Waals surface area contributed by atoms with Gasteiger partial charge in [-0.25, -0.2) is 0 Å². The van der Waals surface area contributed by atoms with Crippen molar-refractivity contribution >= 4 is 12.2 Å². The molecule has 6 heteroatoms. The van der Waals surface area contributed by atoms with Gasteiger partial charge in [0.05, 0.1) is 19.8 Å². The minimum Gasteiger partial charge on any atom is -0.493 e. The van der Waals surface area contributed by atoms with Gasteiger partial charge in [0.1, 0.15) is 0 Å². The molecule has 0 unspecified atom stereocenters. The zero-order chi connectivity index (χ0) is 12.4. The highest BCUT2D eigenvalue weighted by molar-refractivity contribution is 7.71. The van der Waals surface area contributed by atoms with Gasteiger partial charge in [-0.05, 0) is 24.4 Å². The van der Waals surface area contributed by atoms with Crippen LogP contribution in [-0.2, 0) is 7.05 Å². The first-order valence-corrected chi connectivity index (χ1v) is 5.42. The SMILES string of the molecule is COc1cccc(-c2nc(=S)n(C)[nH]2)c1OC. The molecule has 0 aliphatic rings. The van der Waals surface area contributed by atoms with E-state index in [2.05, 4.69) is 10.1 Å². The van der Waals surface area contributed by atoms with Crippen molar-refractivity contribution < 1.29 is 9.47 Å². The maximum absolute atomic E-state index is 5.34. The predicted molar refractivity (Wildman–Crippen MR) is 66.9 cm³/mol. The number of ether oxygens (including phenoxy) is 2. The van der Waals surface area contributed by atoms with Crippen LogP contribution in [0.25, 0.3) is 11.4 Å². The third kappa shape index (κ3) is 2.03. The number of nitrogens with zero attached hydrogens (tertiary/aromatic N) is 2. The highest BCUT2D eigenvalue weighted by Crippen LogP contribution is 2.35. The normalized spacial score (nSPS) is 10.3. The van der Waals surface area contributed by atoms with E-state index >= 15 is 0 Å².